The maximum Gasteiger partial charge on any atom is 0.253 e. The van der Waals surface area contributed by atoms with Gasteiger partial charge in [-0.25, -0.2) is 4.39 Å². The average Bonchev–Trinajstić information content (AvgIpc) is 2.33. The fraction of sp³-hybridized carbons (Fsp3) is 0.167. The molecule has 0 aliphatic heterocycles. The zero-order chi connectivity index (χ0) is 12.4. The van der Waals surface area contributed by atoms with E-state index in [-0.39, 0.29) is 17.2 Å². The summed E-state index contributed by atoms with van der Waals surface area (Å²) in [5, 5.41) is 2.78. The molecule has 0 bridgehead atoms. The summed E-state index contributed by atoms with van der Waals surface area (Å²) in [5.41, 5.74) is 5.09. The maximum absolute atomic E-state index is 12.9. The summed E-state index contributed by atoms with van der Waals surface area (Å²) >= 11 is 0. The second-order valence-electron chi connectivity index (χ2n) is 3.75. The molecule has 0 saturated heterocycles. The lowest BCUT2D eigenvalue weighted by Crippen LogP contribution is -2.37. The Morgan fingerprint density at radius 3 is 2.65 bits per heavy atom. The first-order valence-electron chi connectivity index (χ1n) is 5.16. The monoisotopic (exact) mass is 234 g/mol. The molecule has 0 radical (unpaired) electrons. The topological polar surface area (TPSA) is 72.2 Å². The van der Waals surface area contributed by atoms with Gasteiger partial charge in [0, 0.05) is 6.54 Å². The molecule has 2 rings (SSSR count). The Morgan fingerprint density at radius 1 is 1.24 bits per heavy atom. The summed E-state index contributed by atoms with van der Waals surface area (Å²) in [6, 6.07) is 6.20. The van der Waals surface area contributed by atoms with Crippen LogP contribution in [0.4, 0.5) is 15.8 Å². The van der Waals surface area contributed by atoms with Crippen molar-refractivity contribution in [3.05, 3.63) is 56.1 Å². The summed E-state index contributed by atoms with van der Waals surface area (Å²) in [6.45, 7) is 0.429. The molecule has 0 saturated carbocycles. The highest BCUT2D eigenvalue weighted by Crippen LogP contribution is 2.09. The molecule has 2 aromatic carbocycles. The standard InChI is InChI=1S/C12H11FN2O2/c13-8-3-1-2-7(6-8)4-5-15-10-9(14)11(16)12(10)17/h1-3,6,15H,4-5,14H2. The van der Waals surface area contributed by atoms with Gasteiger partial charge < -0.3 is 11.1 Å². The number of nitrogens with two attached hydrogens (primary N) is 1. The Hall–Kier alpha value is -2.17. The van der Waals surface area contributed by atoms with Gasteiger partial charge in [-0.05, 0) is 24.1 Å². The lowest BCUT2D eigenvalue weighted by atomic mass is 10.1. The minimum absolute atomic E-state index is 0.0192. The maximum atomic E-state index is 12.9. The number of nitrogens with one attached hydrogen (secondary N) is 1. The molecular weight excluding hydrogens is 223 g/mol. The van der Waals surface area contributed by atoms with Crippen LogP contribution in [0.25, 0.3) is 0 Å². The van der Waals surface area contributed by atoms with E-state index < -0.39 is 10.9 Å². The van der Waals surface area contributed by atoms with Crippen LogP contribution in [0.1, 0.15) is 5.56 Å². The molecule has 0 aliphatic rings. The highest BCUT2D eigenvalue weighted by Gasteiger charge is 2.16. The van der Waals surface area contributed by atoms with E-state index >= 15 is 0 Å². The van der Waals surface area contributed by atoms with Crippen LogP contribution < -0.4 is 21.9 Å². The van der Waals surface area contributed by atoms with Gasteiger partial charge >= 0.3 is 0 Å². The van der Waals surface area contributed by atoms with E-state index in [1.54, 1.807) is 12.1 Å². The largest absolute Gasteiger partial charge is 0.394 e. The SMILES string of the molecule is Nc1c(NCCc2cccc(F)c2)c(=O)c1=O. The van der Waals surface area contributed by atoms with Crippen LogP contribution in [-0.4, -0.2) is 6.54 Å². The lowest BCUT2D eigenvalue weighted by molar-refractivity contribution is 0.625. The van der Waals surface area contributed by atoms with Gasteiger partial charge in [0.1, 0.15) is 17.2 Å². The second-order valence-corrected chi connectivity index (χ2v) is 3.75. The third-order valence-electron chi connectivity index (χ3n) is 2.55. The van der Waals surface area contributed by atoms with Crippen molar-refractivity contribution in [3.8, 4) is 0 Å². The first-order chi connectivity index (χ1) is 8.09. The molecule has 4 nitrogen and oxygen atoms in total. The highest BCUT2D eigenvalue weighted by atomic mass is 19.1. The quantitative estimate of drug-likeness (QED) is 0.762. The highest BCUT2D eigenvalue weighted by molar-refractivity contribution is 5.71. The number of anilines is 2. The Balaban J connectivity index is 1.93. The van der Waals surface area contributed by atoms with Crippen LogP contribution >= 0.6 is 0 Å². The average molecular weight is 234 g/mol. The van der Waals surface area contributed by atoms with Gasteiger partial charge in [0.05, 0.1) is 0 Å². The number of nitrogen functional groups attached to an aromatic ring is 1. The van der Waals surface area contributed by atoms with E-state index in [0.29, 0.717) is 13.0 Å². The number of benzene rings is 1. The fourth-order valence-corrected chi connectivity index (χ4v) is 1.61. The molecule has 5 heteroatoms. The van der Waals surface area contributed by atoms with Gasteiger partial charge in [-0.15, -0.1) is 0 Å². The van der Waals surface area contributed by atoms with E-state index in [2.05, 4.69) is 5.32 Å². The molecule has 0 aliphatic carbocycles. The smallest absolute Gasteiger partial charge is 0.253 e. The molecule has 2 aromatic rings. The molecule has 3 N–H and O–H groups in total. The van der Waals surface area contributed by atoms with Crippen molar-refractivity contribution >= 4 is 11.4 Å². The zero-order valence-corrected chi connectivity index (χ0v) is 9.00. The summed E-state index contributed by atoms with van der Waals surface area (Å²) in [7, 11) is 0. The third-order valence-corrected chi connectivity index (χ3v) is 2.55. The van der Waals surface area contributed by atoms with Crippen LogP contribution in [0.3, 0.4) is 0 Å². The molecule has 0 spiro atoms. The van der Waals surface area contributed by atoms with Crippen molar-refractivity contribution < 1.29 is 4.39 Å². The van der Waals surface area contributed by atoms with Crippen molar-refractivity contribution in [2.45, 2.75) is 6.42 Å². The van der Waals surface area contributed by atoms with Gasteiger partial charge in [-0.3, -0.25) is 9.59 Å². The Kier molecular flexibility index (Phi) is 2.91. The van der Waals surface area contributed by atoms with Gasteiger partial charge in [0.2, 0.25) is 0 Å². The van der Waals surface area contributed by atoms with Gasteiger partial charge in [0.25, 0.3) is 10.9 Å². The molecule has 0 aromatic heterocycles. The molecule has 0 heterocycles. The van der Waals surface area contributed by atoms with Crippen molar-refractivity contribution in [1.29, 1.82) is 0 Å². The fourth-order valence-electron chi connectivity index (χ4n) is 1.61. The Labute approximate surface area is 96.6 Å². The van der Waals surface area contributed by atoms with Crippen LogP contribution in [0.2, 0.25) is 0 Å². The third kappa shape index (κ3) is 2.18. The molecule has 0 amide bonds. The molecule has 88 valence electrons. The summed E-state index contributed by atoms with van der Waals surface area (Å²) in [6.07, 6.45) is 0.552. The van der Waals surface area contributed by atoms with Crippen LogP contribution in [0, 0.1) is 5.82 Å². The molecule has 17 heavy (non-hydrogen) atoms. The van der Waals surface area contributed by atoms with E-state index in [1.807, 2.05) is 0 Å². The van der Waals surface area contributed by atoms with E-state index in [0.717, 1.165) is 5.56 Å². The minimum Gasteiger partial charge on any atom is -0.394 e. The zero-order valence-electron chi connectivity index (χ0n) is 9.00. The van der Waals surface area contributed by atoms with Crippen molar-refractivity contribution in [1.82, 2.24) is 0 Å². The summed E-state index contributed by atoms with van der Waals surface area (Å²) in [4.78, 5) is 21.9. The van der Waals surface area contributed by atoms with Crippen molar-refractivity contribution in [3.63, 3.8) is 0 Å². The van der Waals surface area contributed by atoms with Crippen LogP contribution in [0.5, 0.6) is 0 Å². The van der Waals surface area contributed by atoms with Gasteiger partial charge in [-0.1, -0.05) is 12.1 Å². The predicted molar refractivity (Wildman–Crippen MR) is 64.4 cm³/mol. The van der Waals surface area contributed by atoms with Crippen LogP contribution in [0.15, 0.2) is 33.9 Å². The molecule has 0 atom stereocenters. The van der Waals surface area contributed by atoms with Crippen molar-refractivity contribution in [2.75, 3.05) is 17.6 Å². The molecule has 0 unspecified atom stereocenters. The molecular formula is C12H11FN2O2. The normalized spacial score (nSPS) is 10.6. The second kappa shape index (κ2) is 4.37. The van der Waals surface area contributed by atoms with Crippen LogP contribution in [-0.2, 0) is 6.42 Å². The number of halogens is 1. The predicted octanol–water partition coefficient (Wildman–Crippen LogP) is 0.658. The van der Waals surface area contributed by atoms with E-state index in [1.165, 1.54) is 12.1 Å². The Bertz CT molecular complexity index is 615. The number of hydrogen-bond donors (Lipinski definition) is 2. The lowest BCUT2D eigenvalue weighted by Gasteiger charge is -2.09. The number of hydrogen-bond acceptors (Lipinski definition) is 4. The summed E-state index contributed by atoms with van der Waals surface area (Å²) < 4.78 is 12.9. The van der Waals surface area contributed by atoms with E-state index in [4.69, 9.17) is 5.73 Å². The van der Waals surface area contributed by atoms with E-state index in [9.17, 15) is 14.0 Å². The van der Waals surface area contributed by atoms with Gasteiger partial charge in [-0.2, -0.15) is 0 Å². The first kappa shape index (κ1) is 11.3. The minimum atomic E-state index is -0.641. The first-order valence-corrected chi connectivity index (χ1v) is 5.16. The van der Waals surface area contributed by atoms with Gasteiger partial charge in [0.15, 0.2) is 0 Å². The Morgan fingerprint density at radius 2 is 2.00 bits per heavy atom. The van der Waals surface area contributed by atoms with Crippen molar-refractivity contribution in [2.24, 2.45) is 0 Å². The number of rotatable bonds is 4. The molecule has 0 fully saturated rings. The summed E-state index contributed by atoms with van der Waals surface area (Å²) in [5.74, 6) is -0.295.